The first-order valence-electron chi connectivity index (χ1n) is 9.69. The lowest BCUT2D eigenvalue weighted by atomic mass is 9.78. The molecule has 3 aromatic rings. The summed E-state index contributed by atoms with van der Waals surface area (Å²) in [6.07, 6.45) is 7.22. The van der Waals surface area contributed by atoms with Gasteiger partial charge in [0.1, 0.15) is 7.05 Å². The highest BCUT2D eigenvalue weighted by atomic mass is 14.9. The van der Waals surface area contributed by atoms with Crippen molar-refractivity contribution in [2.45, 2.75) is 44.9 Å². The molecule has 0 saturated heterocycles. The van der Waals surface area contributed by atoms with Crippen molar-refractivity contribution in [2.75, 3.05) is 0 Å². The Kier molecular flexibility index (Phi) is 3.34. The maximum atomic E-state index is 5.05. The van der Waals surface area contributed by atoms with Crippen LogP contribution in [0.25, 0.3) is 22.4 Å². The van der Waals surface area contributed by atoms with Gasteiger partial charge in [-0.1, -0.05) is 25.0 Å². The highest BCUT2D eigenvalue weighted by Gasteiger charge is 2.46. The SMILES string of the molecule is Cc1ccc2c(n1)C1(CCCC1)c1cc(C)c(-c3cccc[n+]3C)cc1-2. The average Bonchev–Trinajstić information content (AvgIpc) is 3.21. The third-order valence-electron chi connectivity index (χ3n) is 6.45. The van der Waals surface area contributed by atoms with Crippen LogP contribution in [0.4, 0.5) is 0 Å². The molecule has 0 atom stereocenters. The van der Waals surface area contributed by atoms with Crippen LogP contribution in [0.15, 0.2) is 48.7 Å². The molecular weight excluding hydrogens is 316 g/mol. The monoisotopic (exact) mass is 341 g/mol. The molecular formula is C24H25N2+. The van der Waals surface area contributed by atoms with E-state index in [9.17, 15) is 0 Å². The second-order valence-electron chi connectivity index (χ2n) is 8.05. The summed E-state index contributed by atoms with van der Waals surface area (Å²) in [5, 5.41) is 0. The van der Waals surface area contributed by atoms with Crippen molar-refractivity contribution in [3.63, 3.8) is 0 Å². The summed E-state index contributed by atoms with van der Waals surface area (Å²) in [5.41, 5.74) is 10.8. The Morgan fingerprint density at radius 2 is 1.73 bits per heavy atom. The predicted octanol–water partition coefficient (Wildman–Crippen LogP) is 5.03. The normalized spacial score (nSPS) is 16.7. The van der Waals surface area contributed by atoms with E-state index in [1.54, 1.807) is 0 Å². The van der Waals surface area contributed by atoms with E-state index in [4.69, 9.17) is 4.98 Å². The smallest absolute Gasteiger partial charge is 0.212 e. The quantitative estimate of drug-likeness (QED) is 0.567. The summed E-state index contributed by atoms with van der Waals surface area (Å²) in [4.78, 5) is 5.05. The van der Waals surface area contributed by atoms with Gasteiger partial charge in [0.25, 0.3) is 0 Å². The highest BCUT2D eigenvalue weighted by molar-refractivity contribution is 5.84. The van der Waals surface area contributed by atoms with Gasteiger partial charge in [-0.05, 0) is 61.6 Å². The van der Waals surface area contributed by atoms with Gasteiger partial charge in [-0.25, -0.2) is 4.57 Å². The Morgan fingerprint density at radius 3 is 2.50 bits per heavy atom. The van der Waals surface area contributed by atoms with Crippen LogP contribution >= 0.6 is 0 Å². The van der Waals surface area contributed by atoms with E-state index in [-0.39, 0.29) is 5.41 Å². The van der Waals surface area contributed by atoms with Gasteiger partial charge < -0.3 is 0 Å². The second kappa shape index (κ2) is 5.51. The molecule has 26 heavy (non-hydrogen) atoms. The molecule has 1 aromatic carbocycles. The molecule has 0 bridgehead atoms. The van der Waals surface area contributed by atoms with E-state index in [0.29, 0.717) is 0 Å². The van der Waals surface area contributed by atoms with Gasteiger partial charge in [-0.15, -0.1) is 0 Å². The fraction of sp³-hybridized carbons (Fsp3) is 0.333. The molecule has 1 fully saturated rings. The van der Waals surface area contributed by atoms with Crippen molar-refractivity contribution in [1.82, 2.24) is 4.98 Å². The molecule has 0 unspecified atom stereocenters. The number of fused-ring (bicyclic) bond motifs is 5. The lowest BCUT2D eigenvalue weighted by Gasteiger charge is -2.26. The summed E-state index contributed by atoms with van der Waals surface area (Å²) >= 11 is 0. The molecule has 0 N–H and O–H groups in total. The van der Waals surface area contributed by atoms with Crippen molar-refractivity contribution in [3.05, 3.63) is 71.2 Å². The van der Waals surface area contributed by atoms with E-state index in [0.717, 1.165) is 5.69 Å². The number of hydrogen-bond donors (Lipinski definition) is 0. The molecule has 2 aliphatic carbocycles. The first-order chi connectivity index (χ1) is 12.6. The minimum absolute atomic E-state index is 0.152. The van der Waals surface area contributed by atoms with E-state index in [1.165, 1.54) is 64.9 Å². The van der Waals surface area contributed by atoms with Gasteiger partial charge in [-0.2, -0.15) is 0 Å². The molecule has 2 aliphatic rings. The number of aryl methyl sites for hydroxylation is 3. The zero-order chi connectivity index (χ0) is 17.9. The van der Waals surface area contributed by atoms with Crippen LogP contribution in [0, 0.1) is 13.8 Å². The van der Waals surface area contributed by atoms with Gasteiger partial charge in [0, 0.05) is 34.4 Å². The standard InChI is InChI=1S/C24H25N2/c1-16-14-21-20(15-19(16)22-8-4-7-13-26(22)3)18-10-9-17(2)25-23(18)24(21)11-5-6-12-24/h4,7-10,13-15H,5-6,11-12H2,1-3H3/q+1. The van der Waals surface area contributed by atoms with Crippen LogP contribution in [0.5, 0.6) is 0 Å². The van der Waals surface area contributed by atoms with Crippen LogP contribution < -0.4 is 4.57 Å². The summed E-state index contributed by atoms with van der Waals surface area (Å²) in [7, 11) is 2.12. The Labute approximate surface area is 155 Å². The average molecular weight is 341 g/mol. The van der Waals surface area contributed by atoms with Crippen molar-refractivity contribution in [1.29, 1.82) is 0 Å². The van der Waals surface area contributed by atoms with Gasteiger partial charge >= 0.3 is 0 Å². The first-order valence-corrected chi connectivity index (χ1v) is 9.69. The lowest BCUT2D eigenvalue weighted by molar-refractivity contribution is -0.660. The fourth-order valence-corrected chi connectivity index (χ4v) is 5.16. The third kappa shape index (κ3) is 2.05. The fourth-order valence-electron chi connectivity index (χ4n) is 5.16. The summed E-state index contributed by atoms with van der Waals surface area (Å²) in [6, 6.07) is 15.8. The molecule has 130 valence electrons. The number of nitrogens with zero attached hydrogens (tertiary/aromatic N) is 2. The highest BCUT2D eigenvalue weighted by Crippen LogP contribution is 2.56. The van der Waals surface area contributed by atoms with Crippen molar-refractivity contribution in [2.24, 2.45) is 7.05 Å². The zero-order valence-electron chi connectivity index (χ0n) is 15.8. The summed E-state index contributed by atoms with van der Waals surface area (Å²) < 4.78 is 2.21. The Bertz CT molecular complexity index is 1030. The third-order valence-corrected chi connectivity index (χ3v) is 6.45. The Hall–Kier alpha value is -2.48. The van der Waals surface area contributed by atoms with Crippen molar-refractivity contribution in [3.8, 4) is 22.4 Å². The van der Waals surface area contributed by atoms with Crippen molar-refractivity contribution >= 4 is 0 Å². The van der Waals surface area contributed by atoms with E-state index < -0.39 is 0 Å². The van der Waals surface area contributed by atoms with Crippen LogP contribution in [0.3, 0.4) is 0 Å². The molecule has 1 saturated carbocycles. The molecule has 1 spiro atoms. The second-order valence-corrected chi connectivity index (χ2v) is 8.05. The first kappa shape index (κ1) is 15.7. The topological polar surface area (TPSA) is 16.8 Å². The van der Waals surface area contributed by atoms with Crippen LogP contribution in [-0.2, 0) is 12.5 Å². The zero-order valence-corrected chi connectivity index (χ0v) is 15.8. The van der Waals surface area contributed by atoms with Crippen molar-refractivity contribution < 1.29 is 4.57 Å². The maximum Gasteiger partial charge on any atom is 0.212 e. The minimum atomic E-state index is 0.152. The number of pyridine rings is 2. The number of benzene rings is 1. The number of aromatic nitrogens is 2. The van der Waals surface area contributed by atoms with Gasteiger partial charge in [0.05, 0.1) is 5.69 Å². The van der Waals surface area contributed by atoms with E-state index >= 15 is 0 Å². The summed E-state index contributed by atoms with van der Waals surface area (Å²) in [5.74, 6) is 0. The minimum Gasteiger partial charge on any atom is -0.257 e. The predicted molar refractivity (Wildman–Crippen MR) is 105 cm³/mol. The molecule has 2 nitrogen and oxygen atoms in total. The molecule has 5 rings (SSSR count). The van der Waals surface area contributed by atoms with Gasteiger partial charge in [0.15, 0.2) is 6.20 Å². The Balaban J connectivity index is 1.80. The maximum absolute atomic E-state index is 5.05. The lowest BCUT2D eigenvalue weighted by Crippen LogP contribution is -2.30. The van der Waals surface area contributed by atoms with Crippen LogP contribution in [0.1, 0.15) is 48.2 Å². The van der Waals surface area contributed by atoms with E-state index in [1.807, 2.05) is 0 Å². The van der Waals surface area contributed by atoms with E-state index in [2.05, 4.69) is 74.1 Å². The molecule has 2 heteroatoms. The van der Waals surface area contributed by atoms with Crippen LogP contribution in [0.2, 0.25) is 0 Å². The van der Waals surface area contributed by atoms with Gasteiger partial charge in [0.2, 0.25) is 5.69 Å². The molecule has 2 heterocycles. The Morgan fingerprint density at radius 1 is 0.923 bits per heavy atom. The molecule has 0 amide bonds. The molecule has 0 radical (unpaired) electrons. The van der Waals surface area contributed by atoms with Gasteiger partial charge in [-0.3, -0.25) is 4.98 Å². The largest absolute Gasteiger partial charge is 0.257 e. The van der Waals surface area contributed by atoms with Crippen LogP contribution in [-0.4, -0.2) is 4.98 Å². The number of rotatable bonds is 1. The number of hydrogen-bond acceptors (Lipinski definition) is 1. The summed E-state index contributed by atoms with van der Waals surface area (Å²) in [6.45, 7) is 4.37. The molecule has 2 aromatic heterocycles. The molecule has 0 aliphatic heterocycles.